The quantitative estimate of drug-likeness (QED) is 0.0920. The van der Waals surface area contributed by atoms with Crippen LogP contribution in [-0.2, 0) is 56.2 Å². The number of aliphatic hydroxyl groups excluding tert-OH is 1. The maximum Gasteiger partial charge on any atom is 0.412 e. The third-order valence-electron chi connectivity index (χ3n) is 9.03. The molecule has 0 bridgehead atoms. The van der Waals surface area contributed by atoms with Crippen molar-refractivity contribution < 1.29 is 64.1 Å². The van der Waals surface area contributed by atoms with Crippen LogP contribution < -0.4 is 0 Å². The second kappa shape index (κ2) is 21.0. The fraction of sp³-hybridized carbons (Fsp3) is 0.415. The Morgan fingerprint density at radius 1 is 0.712 bits per heavy atom. The van der Waals surface area contributed by atoms with E-state index in [-0.39, 0.29) is 30.1 Å². The third-order valence-corrected chi connectivity index (χ3v) is 12.3. The molecule has 66 heavy (non-hydrogen) atoms. The summed E-state index contributed by atoms with van der Waals surface area (Å²) in [6, 6.07) is 7.39. The molecule has 0 fully saturated rings. The summed E-state index contributed by atoms with van der Waals surface area (Å²) in [5.41, 5.74) is 1.34. The van der Waals surface area contributed by atoms with Crippen LogP contribution in [0, 0.1) is 27.7 Å². The summed E-state index contributed by atoms with van der Waals surface area (Å²) in [7, 11) is 0. The summed E-state index contributed by atoms with van der Waals surface area (Å²) in [5.74, 6) is -1.15. The summed E-state index contributed by atoms with van der Waals surface area (Å²) in [4.78, 5) is 25.0. The van der Waals surface area contributed by atoms with Gasteiger partial charge in [-0.25, -0.2) is 19.0 Å². The van der Waals surface area contributed by atoms with Crippen LogP contribution in [-0.4, -0.2) is 86.7 Å². The van der Waals surface area contributed by atoms with E-state index in [2.05, 4.69) is 26.5 Å². The number of carbonyl (C=O) groups is 2. The molecule has 0 saturated carbocycles. The zero-order valence-electron chi connectivity index (χ0n) is 36.2. The summed E-state index contributed by atoms with van der Waals surface area (Å²) in [5, 5.41) is 19.7. The summed E-state index contributed by atoms with van der Waals surface area (Å²) >= 11 is 26.7. The Balaban J connectivity index is 0.000000296. The lowest BCUT2D eigenvalue weighted by molar-refractivity contribution is -0.153. The molecule has 364 valence electrons. The SMILES string of the molecule is C.CP(=S)(Cl)OCC(F)(F)F.Cc1cc(-n2cc(Cl)cn2)cc(C)c1C1=C(O)C(C)(C)OC1=O.Cc1cc(-n2cc(Cl)cn2)cc(C)c1C1=C(OP(C)(=S)OCC(F)(F)F)C(C)(C)OC1=O. The van der Waals surface area contributed by atoms with Crippen molar-refractivity contribution in [1.29, 1.82) is 0 Å². The van der Waals surface area contributed by atoms with Gasteiger partial charge in [-0.3, -0.25) is 0 Å². The molecule has 2 unspecified atom stereocenters. The molecule has 2 aromatic heterocycles. The molecule has 1 N–H and O–H groups in total. The Kier molecular flexibility index (Phi) is 18.1. The van der Waals surface area contributed by atoms with Gasteiger partial charge in [0.05, 0.1) is 33.8 Å². The number of nitrogens with zero attached hydrogens (tertiary/aromatic N) is 4. The Hall–Kier alpha value is -3.45. The van der Waals surface area contributed by atoms with Crippen molar-refractivity contribution in [2.45, 2.75) is 86.4 Å². The number of hydrogen-bond donors (Lipinski definition) is 1. The normalized spacial score (nSPS) is 17.4. The topological polar surface area (TPSA) is 136 Å². The Morgan fingerprint density at radius 3 is 1.39 bits per heavy atom. The first-order valence-corrected chi connectivity index (χ1v) is 26.7. The molecule has 2 aliphatic rings. The third kappa shape index (κ3) is 15.0. The molecule has 2 aliphatic heterocycles. The minimum Gasteiger partial charge on any atom is -0.507 e. The van der Waals surface area contributed by atoms with Crippen LogP contribution in [0.5, 0.6) is 0 Å². The number of hydrogen-bond acceptors (Lipinski definition) is 12. The van der Waals surface area contributed by atoms with Crippen molar-refractivity contribution in [1.82, 2.24) is 19.6 Å². The Morgan fingerprint density at radius 2 is 1.08 bits per heavy atom. The van der Waals surface area contributed by atoms with Gasteiger partial charge in [0.25, 0.3) is 0 Å². The van der Waals surface area contributed by atoms with Crippen LogP contribution >= 0.6 is 46.6 Å². The van der Waals surface area contributed by atoms with Gasteiger partial charge in [-0.05, 0) is 125 Å². The van der Waals surface area contributed by atoms with Gasteiger partial charge in [0, 0.05) is 25.7 Å². The van der Waals surface area contributed by atoms with Crippen LogP contribution in [0.4, 0.5) is 26.3 Å². The molecule has 6 rings (SSSR count). The molecule has 0 spiro atoms. The minimum atomic E-state index is -4.56. The number of aromatic nitrogens is 4. The highest BCUT2D eigenvalue weighted by atomic mass is 35.7. The second-order valence-corrected chi connectivity index (χ2v) is 27.0. The molecule has 4 aromatic rings. The number of carbonyl (C=O) groups excluding carboxylic acids is 2. The molecule has 12 nitrogen and oxygen atoms in total. The predicted molar refractivity (Wildman–Crippen MR) is 251 cm³/mol. The maximum absolute atomic E-state index is 12.8. The van der Waals surface area contributed by atoms with Crippen molar-refractivity contribution in [3.8, 4) is 11.4 Å². The van der Waals surface area contributed by atoms with Crippen LogP contribution in [0.2, 0.25) is 10.0 Å². The fourth-order valence-corrected chi connectivity index (χ4v) is 8.84. The number of aliphatic hydroxyl groups is 1. The molecule has 0 radical (unpaired) electrons. The predicted octanol–water partition coefficient (Wildman–Crippen LogP) is 12.9. The van der Waals surface area contributed by atoms with Crippen molar-refractivity contribution in [3.05, 3.63) is 104 Å². The van der Waals surface area contributed by atoms with E-state index >= 15 is 0 Å². The first kappa shape index (κ1) is 56.9. The number of alkyl halides is 6. The molecule has 0 amide bonds. The number of ether oxygens (including phenoxy) is 2. The molecular formula is C41H47Cl3F6N4O8P2S2. The molecular weight excluding hydrogens is 1020 g/mol. The molecule has 2 atom stereocenters. The van der Waals surface area contributed by atoms with Gasteiger partial charge in [-0.15, -0.1) is 0 Å². The smallest absolute Gasteiger partial charge is 0.412 e. The standard InChI is InChI=1S/C20H21ClF3N2O4PS.C17H17ClN2O3.C3H5ClF3OPS.CH4/c1-11-6-14(26-9-13(21)8-25-26)7-12(2)15(11)16-17(19(3,4)29-18(16)27)30-31(5,32)28-10-20(22,23)24;1-9-5-12(20-8-11(18)7-19-20)6-10(2)13(9)14-15(21)17(3,4)23-16(14)22;1-9(4,10)8-2-3(5,6)7;/h6-9H,10H2,1-5H3;5-8,21H,1-4H3;2H2,1H3;1H4. The van der Waals surface area contributed by atoms with Gasteiger partial charge >= 0.3 is 24.3 Å². The molecule has 25 heteroatoms. The monoisotopic (exact) mass is 1070 g/mol. The van der Waals surface area contributed by atoms with E-state index in [0.717, 1.165) is 22.5 Å². The van der Waals surface area contributed by atoms with E-state index in [9.17, 15) is 41.0 Å². The van der Waals surface area contributed by atoms with E-state index in [1.54, 1.807) is 81.6 Å². The summed E-state index contributed by atoms with van der Waals surface area (Å²) < 4.78 is 101. The fourth-order valence-electron chi connectivity index (χ4n) is 6.43. The van der Waals surface area contributed by atoms with Crippen LogP contribution in [0.15, 0.2) is 60.6 Å². The number of aryl methyl sites for hydroxylation is 4. The van der Waals surface area contributed by atoms with Gasteiger partial charge in [-0.2, -0.15) is 36.5 Å². The van der Waals surface area contributed by atoms with Gasteiger partial charge < -0.3 is 28.2 Å². The molecule has 4 heterocycles. The van der Waals surface area contributed by atoms with Crippen LogP contribution in [0.3, 0.4) is 0 Å². The molecule has 0 saturated heterocycles. The van der Waals surface area contributed by atoms with Crippen molar-refractivity contribution in [3.63, 3.8) is 0 Å². The number of rotatable bonds is 10. The minimum absolute atomic E-state index is 0. The van der Waals surface area contributed by atoms with Crippen molar-refractivity contribution >= 4 is 93.3 Å². The van der Waals surface area contributed by atoms with Crippen molar-refractivity contribution in [2.75, 3.05) is 26.5 Å². The zero-order chi connectivity index (χ0) is 49.4. The largest absolute Gasteiger partial charge is 0.507 e. The highest BCUT2D eigenvalue weighted by Crippen LogP contribution is 2.54. The van der Waals surface area contributed by atoms with E-state index in [0.29, 0.717) is 32.3 Å². The van der Waals surface area contributed by atoms with Gasteiger partial charge in [0.1, 0.15) is 23.4 Å². The average Bonchev–Trinajstić information content (AvgIpc) is 3.87. The lowest BCUT2D eigenvalue weighted by Gasteiger charge is -2.27. The Bertz CT molecular complexity index is 2610. The maximum atomic E-state index is 12.8. The first-order valence-electron chi connectivity index (χ1n) is 18.8. The molecule has 2 aromatic carbocycles. The Labute approximate surface area is 403 Å². The van der Waals surface area contributed by atoms with Gasteiger partial charge in [0.15, 0.2) is 29.3 Å². The van der Waals surface area contributed by atoms with Crippen molar-refractivity contribution in [2.24, 2.45) is 0 Å². The van der Waals surface area contributed by atoms with Crippen LogP contribution in [0.25, 0.3) is 22.5 Å². The van der Waals surface area contributed by atoms with Gasteiger partial charge in [-0.1, -0.05) is 53.7 Å². The van der Waals surface area contributed by atoms with E-state index in [1.807, 2.05) is 26.0 Å². The molecule has 0 aliphatic carbocycles. The highest BCUT2D eigenvalue weighted by molar-refractivity contribution is 8.24. The van der Waals surface area contributed by atoms with E-state index in [4.69, 9.17) is 64.8 Å². The summed E-state index contributed by atoms with van der Waals surface area (Å²) in [6.07, 6.45) is -2.49. The number of esters is 2. The number of cyclic esters (lactones) is 2. The zero-order valence-corrected chi connectivity index (χ0v) is 41.9. The number of halogens is 9. The van der Waals surface area contributed by atoms with Crippen LogP contribution in [0.1, 0.15) is 68.5 Å². The highest BCUT2D eigenvalue weighted by Gasteiger charge is 2.46. The lowest BCUT2D eigenvalue weighted by Crippen LogP contribution is -2.24. The van der Waals surface area contributed by atoms with E-state index in [1.165, 1.54) is 19.5 Å². The number of benzene rings is 2. The first-order chi connectivity index (χ1) is 29.5. The average molecular weight is 1070 g/mol. The van der Waals surface area contributed by atoms with Gasteiger partial charge in [0.2, 0.25) is 6.49 Å². The summed E-state index contributed by atoms with van der Waals surface area (Å²) in [6.45, 7) is 10.1. The second-order valence-electron chi connectivity index (χ2n) is 15.7. The lowest BCUT2D eigenvalue weighted by atomic mass is 9.92. The van der Waals surface area contributed by atoms with E-state index < -0.39 is 60.8 Å².